The van der Waals surface area contributed by atoms with Crippen LogP contribution in [-0.4, -0.2) is 26.3 Å². The predicted octanol–water partition coefficient (Wildman–Crippen LogP) is 3.23. The van der Waals surface area contributed by atoms with Crippen molar-refractivity contribution in [2.75, 3.05) is 14.2 Å². The number of hydrogen-bond donors (Lipinski definition) is 1. The molecule has 22 heavy (non-hydrogen) atoms. The molecule has 114 valence electrons. The second-order valence-electron chi connectivity index (χ2n) is 4.31. The van der Waals surface area contributed by atoms with Crippen LogP contribution in [0.25, 0.3) is 0 Å². The monoisotopic (exact) mass is 362 g/mol. The highest BCUT2D eigenvalue weighted by molar-refractivity contribution is 9.10. The minimum absolute atomic E-state index is 0.281. The Balaban J connectivity index is 2.06. The van der Waals surface area contributed by atoms with E-state index >= 15 is 0 Å². The molecular formula is C16H15BrN2O3. The molecule has 2 aromatic carbocycles. The summed E-state index contributed by atoms with van der Waals surface area (Å²) in [6, 6.07) is 12.4. The first kappa shape index (κ1) is 16.0. The molecule has 5 nitrogen and oxygen atoms in total. The minimum atomic E-state index is -0.281. The van der Waals surface area contributed by atoms with Crippen LogP contribution in [0.1, 0.15) is 15.9 Å². The molecule has 0 saturated heterocycles. The van der Waals surface area contributed by atoms with Gasteiger partial charge < -0.3 is 9.47 Å². The fraction of sp³-hybridized carbons (Fsp3) is 0.125. The van der Waals surface area contributed by atoms with Crippen LogP contribution in [0.15, 0.2) is 52.0 Å². The number of benzene rings is 2. The van der Waals surface area contributed by atoms with Crippen LogP contribution in [0.4, 0.5) is 0 Å². The fourth-order valence-corrected chi connectivity index (χ4v) is 2.02. The van der Waals surface area contributed by atoms with Gasteiger partial charge in [0, 0.05) is 21.7 Å². The van der Waals surface area contributed by atoms with Crippen LogP contribution in [-0.2, 0) is 0 Å². The van der Waals surface area contributed by atoms with Crippen LogP contribution < -0.4 is 14.9 Å². The summed E-state index contributed by atoms with van der Waals surface area (Å²) < 4.78 is 11.3. The van der Waals surface area contributed by atoms with Crippen molar-refractivity contribution < 1.29 is 14.3 Å². The van der Waals surface area contributed by atoms with Crippen molar-refractivity contribution in [2.24, 2.45) is 5.10 Å². The fourth-order valence-electron chi connectivity index (χ4n) is 1.75. The summed E-state index contributed by atoms with van der Waals surface area (Å²) >= 11 is 3.32. The molecule has 2 aromatic rings. The molecule has 0 saturated carbocycles. The maximum absolute atomic E-state index is 11.9. The zero-order chi connectivity index (χ0) is 15.9. The lowest BCUT2D eigenvalue weighted by atomic mass is 10.2. The van der Waals surface area contributed by atoms with Gasteiger partial charge in [-0.05, 0) is 36.4 Å². The van der Waals surface area contributed by atoms with E-state index in [0.717, 1.165) is 10.0 Å². The third kappa shape index (κ3) is 4.08. The summed E-state index contributed by atoms with van der Waals surface area (Å²) in [5, 5.41) is 3.95. The van der Waals surface area contributed by atoms with Gasteiger partial charge in [-0.3, -0.25) is 4.79 Å². The molecule has 0 radical (unpaired) electrons. The number of methoxy groups -OCH3 is 2. The summed E-state index contributed by atoms with van der Waals surface area (Å²) in [6.07, 6.45) is 1.52. The molecule has 0 aliphatic rings. The number of nitrogens with one attached hydrogen (secondary N) is 1. The van der Waals surface area contributed by atoms with Crippen LogP contribution >= 0.6 is 15.9 Å². The van der Waals surface area contributed by atoms with Gasteiger partial charge in [0.25, 0.3) is 5.91 Å². The van der Waals surface area contributed by atoms with E-state index in [1.807, 2.05) is 0 Å². The SMILES string of the molecule is COc1ccc(/C=N/NC(=O)c2ccc(Br)cc2)c(OC)c1. The Labute approximate surface area is 137 Å². The first-order chi connectivity index (χ1) is 10.6. The summed E-state index contributed by atoms with van der Waals surface area (Å²) in [5.41, 5.74) is 3.74. The van der Waals surface area contributed by atoms with Gasteiger partial charge in [-0.15, -0.1) is 0 Å². The molecule has 6 heteroatoms. The van der Waals surface area contributed by atoms with Gasteiger partial charge in [-0.25, -0.2) is 5.43 Å². The molecule has 0 unspecified atom stereocenters. The number of carbonyl (C=O) groups is 1. The molecule has 0 atom stereocenters. The largest absolute Gasteiger partial charge is 0.497 e. The standard InChI is InChI=1S/C16H15BrN2O3/c1-21-14-8-5-12(15(9-14)22-2)10-18-19-16(20)11-3-6-13(17)7-4-11/h3-10H,1-2H3,(H,19,20)/b18-10+. The third-order valence-corrected chi connectivity index (χ3v) is 3.45. The third-order valence-electron chi connectivity index (χ3n) is 2.92. The maximum atomic E-state index is 11.9. The molecule has 0 aliphatic carbocycles. The van der Waals surface area contributed by atoms with Crippen molar-refractivity contribution in [3.8, 4) is 11.5 Å². The lowest BCUT2D eigenvalue weighted by Crippen LogP contribution is -2.17. The van der Waals surface area contributed by atoms with E-state index < -0.39 is 0 Å². The topological polar surface area (TPSA) is 59.9 Å². The van der Waals surface area contributed by atoms with Gasteiger partial charge in [0.2, 0.25) is 0 Å². The summed E-state index contributed by atoms with van der Waals surface area (Å²) in [4.78, 5) is 11.9. The highest BCUT2D eigenvalue weighted by Crippen LogP contribution is 2.23. The van der Waals surface area contributed by atoms with Gasteiger partial charge in [0.1, 0.15) is 11.5 Å². The number of rotatable bonds is 5. The summed E-state index contributed by atoms with van der Waals surface area (Å²) in [7, 11) is 3.15. The van der Waals surface area contributed by atoms with Crippen LogP contribution in [0, 0.1) is 0 Å². The van der Waals surface area contributed by atoms with Gasteiger partial charge in [-0.2, -0.15) is 5.10 Å². The Morgan fingerprint density at radius 3 is 2.50 bits per heavy atom. The zero-order valence-electron chi connectivity index (χ0n) is 12.2. The van der Waals surface area contributed by atoms with Gasteiger partial charge in [-0.1, -0.05) is 15.9 Å². The second-order valence-corrected chi connectivity index (χ2v) is 5.23. The van der Waals surface area contributed by atoms with E-state index in [0.29, 0.717) is 17.1 Å². The number of carbonyl (C=O) groups excluding carboxylic acids is 1. The molecule has 1 N–H and O–H groups in total. The van der Waals surface area contributed by atoms with Crippen molar-refractivity contribution in [3.05, 3.63) is 58.1 Å². The van der Waals surface area contributed by atoms with Gasteiger partial charge in [0.05, 0.1) is 20.4 Å². The Bertz CT molecular complexity index is 684. The number of amides is 1. The van der Waals surface area contributed by atoms with E-state index in [4.69, 9.17) is 9.47 Å². The highest BCUT2D eigenvalue weighted by atomic mass is 79.9. The Morgan fingerprint density at radius 2 is 1.86 bits per heavy atom. The van der Waals surface area contributed by atoms with Crippen LogP contribution in [0.5, 0.6) is 11.5 Å². The number of ether oxygens (including phenoxy) is 2. The van der Waals surface area contributed by atoms with E-state index in [1.165, 1.54) is 6.21 Å². The van der Waals surface area contributed by atoms with Gasteiger partial charge >= 0.3 is 0 Å². The molecule has 2 rings (SSSR count). The van der Waals surface area contributed by atoms with Crippen molar-refractivity contribution in [2.45, 2.75) is 0 Å². The van der Waals surface area contributed by atoms with E-state index in [1.54, 1.807) is 56.7 Å². The molecule has 0 aliphatic heterocycles. The molecule has 0 spiro atoms. The second kappa shape index (κ2) is 7.61. The van der Waals surface area contributed by atoms with Gasteiger partial charge in [0.15, 0.2) is 0 Å². The number of halogens is 1. The quantitative estimate of drug-likeness (QED) is 0.656. The van der Waals surface area contributed by atoms with Crippen LogP contribution in [0.2, 0.25) is 0 Å². The highest BCUT2D eigenvalue weighted by Gasteiger charge is 2.05. The Hall–Kier alpha value is -2.34. The van der Waals surface area contributed by atoms with Crippen molar-refractivity contribution in [3.63, 3.8) is 0 Å². The summed E-state index contributed by atoms with van der Waals surface area (Å²) in [6.45, 7) is 0. The lowest BCUT2D eigenvalue weighted by molar-refractivity contribution is 0.0955. The number of hydrazone groups is 1. The molecule has 0 fully saturated rings. The predicted molar refractivity (Wildman–Crippen MR) is 88.7 cm³/mol. The normalized spacial score (nSPS) is 10.5. The number of hydrogen-bond acceptors (Lipinski definition) is 4. The first-order valence-corrected chi connectivity index (χ1v) is 7.24. The van der Waals surface area contributed by atoms with Crippen molar-refractivity contribution in [1.29, 1.82) is 0 Å². The van der Waals surface area contributed by atoms with E-state index in [2.05, 4.69) is 26.5 Å². The maximum Gasteiger partial charge on any atom is 0.271 e. The average molecular weight is 363 g/mol. The molecule has 1 amide bonds. The summed E-state index contributed by atoms with van der Waals surface area (Å²) in [5.74, 6) is 1.02. The number of nitrogens with zero attached hydrogens (tertiary/aromatic N) is 1. The Kier molecular flexibility index (Phi) is 5.55. The van der Waals surface area contributed by atoms with Crippen molar-refractivity contribution >= 4 is 28.1 Å². The first-order valence-electron chi connectivity index (χ1n) is 6.45. The van der Waals surface area contributed by atoms with Crippen LogP contribution in [0.3, 0.4) is 0 Å². The average Bonchev–Trinajstić information content (AvgIpc) is 2.55. The Morgan fingerprint density at radius 1 is 1.14 bits per heavy atom. The van der Waals surface area contributed by atoms with E-state index in [9.17, 15) is 4.79 Å². The minimum Gasteiger partial charge on any atom is -0.497 e. The zero-order valence-corrected chi connectivity index (χ0v) is 13.8. The molecular weight excluding hydrogens is 348 g/mol. The molecule has 0 aromatic heterocycles. The molecule has 0 heterocycles. The van der Waals surface area contributed by atoms with E-state index in [-0.39, 0.29) is 5.91 Å². The lowest BCUT2D eigenvalue weighted by Gasteiger charge is -2.07. The van der Waals surface area contributed by atoms with Crippen molar-refractivity contribution in [1.82, 2.24) is 5.43 Å². The molecule has 0 bridgehead atoms. The smallest absolute Gasteiger partial charge is 0.271 e.